The normalized spacial score (nSPS) is 23.9. The van der Waals surface area contributed by atoms with Gasteiger partial charge in [-0.2, -0.15) is 9.65 Å². The first kappa shape index (κ1) is 24.6. The minimum absolute atomic E-state index is 0.140. The summed E-state index contributed by atoms with van der Waals surface area (Å²) in [5, 5.41) is 12.2. The Morgan fingerprint density at radius 3 is 2.69 bits per heavy atom. The number of anilines is 2. The molecule has 2 bridgehead atoms. The van der Waals surface area contributed by atoms with E-state index in [1.54, 1.807) is 24.1 Å². The standard InChI is InChI=1S/C25H26ClFN4O5/c1-33-25(5-6-25)14-35-24(32)31-10-16-12-34-13-17(11-31)22(16)36-23-21(27)20(4-7-29-23)30-19-3-2-15(9-28)8-18(19)26/h2-4,7-8,16-17,22H,5-6,10-14H2,1H3,(H,29,30). The molecule has 1 aliphatic carbocycles. The zero-order valence-corrected chi connectivity index (χ0v) is 20.5. The van der Waals surface area contributed by atoms with Crippen molar-refractivity contribution in [1.82, 2.24) is 9.88 Å². The van der Waals surface area contributed by atoms with Crippen LogP contribution in [0.4, 0.5) is 20.6 Å². The van der Waals surface area contributed by atoms with Crippen molar-refractivity contribution in [2.45, 2.75) is 24.5 Å². The fraction of sp³-hybridized carbons (Fsp3) is 0.480. The summed E-state index contributed by atoms with van der Waals surface area (Å²) in [5.41, 5.74) is 0.659. The first-order valence-corrected chi connectivity index (χ1v) is 12.1. The number of carbonyl (C=O) groups excluding carboxylic acids is 1. The maximum Gasteiger partial charge on any atom is 0.409 e. The summed E-state index contributed by atoms with van der Waals surface area (Å²) in [6.07, 6.45) is 2.46. The van der Waals surface area contributed by atoms with Crippen LogP contribution in [0.2, 0.25) is 5.02 Å². The van der Waals surface area contributed by atoms with E-state index in [1.165, 1.54) is 18.3 Å². The van der Waals surface area contributed by atoms with Crippen LogP contribution in [-0.4, -0.2) is 67.7 Å². The van der Waals surface area contributed by atoms with Crippen LogP contribution in [-0.2, 0) is 14.2 Å². The van der Waals surface area contributed by atoms with Gasteiger partial charge in [0, 0.05) is 38.2 Å². The van der Waals surface area contributed by atoms with Crippen molar-refractivity contribution in [2.24, 2.45) is 11.8 Å². The molecule has 1 saturated carbocycles. The van der Waals surface area contributed by atoms with Gasteiger partial charge in [-0.1, -0.05) is 11.6 Å². The van der Waals surface area contributed by atoms with Crippen LogP contribution in [0.1, 0.15) is 18.4 Å². The molecule has 3 aliphatic rings. The van der Waals surface area contributed by atoms with Crippen LogP contribution in [0.15, 0.2) is 30.5 Å². The number of likely N-dealkylation sites (tertiary alicyclic amines) is 1. The van der Waals surface area contributed by atoms with Crippen molar-refractivity contribution in [1.29, 1.82) is 5.26 Å². The third-order valence-electron chi connectivity index (χ3n) is 6.93. The minimum atomic E-state index is -0.659. The Kier molecular flexibility index (Phi) is 6.88. The lowest BCUT2D eigenvalue weighted by Gasteiger charge is -2.45. The number of piperidine rings is 1. The second-order valence-electron chi connectivity index (χ2n) is 9.40. The van der Waals surface area contributed by atoms with E-state index >= 15 is 4.39 Å². The largest absolute Gasteiger partial charge is 0.471 e. The number of aromatic nitrogens is 1. The predicted octanol–water partition coefficient (Wildman–Crippen LogP) is 4.13. The fourth-order valence-corrected chi connectivity index (χ4v) is 4.86. The van der Waals surface area contributed by atoms with Crippen LogP contribution in [0, 0.1) is 29.0 Å². The van der Waals surface area contributed by atoms with Crippen molar-refractivity contribution in [3.8, 4) is 11.9 Å². The Hall–Kier alpha value is -3.13. The van der Waals surface area contributed by atoms with Gasteiger partial charge in [-0.3, -0.25) is 0 Å². The lowest BCUT2D eigenvalue weighted by molar-refractivity contribution is -0.112. The van der Waals surface area contributed by atoms with Gasteiger partial charge < -0.3 is 29.2 Å². The Bertz CT molecular complexity index is 1170. The predicted molar refractivity (Wildman–Crippen MR) is 128 cm³/mol. The zero-order valence-electron chi connectivity index (χ0n) is 19.7. The number of rotatable bonds is 7. The number of amides is 1. The first-order chi connectivity index (χ1) is 17.4. The van der Waals surface area contributed by atoms with Crippen molar-refractivity contribution in [3.63, 3.8) is 0 Å². The van der Waals surface area contributed by atoms with Crippen molar-refractivity contribution in [3.05, 3.63) is 46.9 Å². The van der Waals surface area contributed by atoms with Crippen LogP contribution < -0.4 is 10.1 Å². The molecule has 0 radical (unpaired) electrons. The molecule has 1 aromatic heterocycles. The average Bonchev–Trinajstić information content (AvgIpc) is 3.66. The van der Waals surface area contributed by atoms with E-state index in [-0.39, 0.29) is 52.8 Å². The van der Waals surface area contributed by atoms with E-state index in [1.807, 2.05) is 6.07 Å². The number of carbonyl (C=O) groups is 1. The van der Waals surface area contributed by atoms with Crippen LogP contribution in [0.3, 0.4) is 0 Å². The molecule has 5 rings (SSSR count). The third-order valence-corrected chi connectivity index (χ3v) is 7.25. The number of methoxy groups -OCH3 is 1. The summed E-state index contributed by atoms with van der Waals surface area (Å²) in [5.74, 6) is -1.12. The number of nitrogens with one attached hydrogen (secondary N) is 1. The number of hydrogen-bond acceptors (Lipinski definition) is 8. The van der Waals surface area contributed by atoms with Crippen LogP contribution in [0.5, 0.6) is 5.88 Å². The number of halogens is 2. The summed E-state index contributed by atoms with van der Waals surface area (Å²) in [7, 11) is 1.63. The molecule has 2 unspecified atom stereocenters. The van der Waals surface area contributed by atoms with Crippen molar-refractivity contribution in [2.75, 3.05) is 45.3 Å². The maximum absolute atomic E-state index is 15.3. The molecule has 9 nitrogen and oxygen atoms in total. The number of nitrogens with zero attached hydrogens (tertiary/aromatic N) is 3. The average molecular weight is 517 g/mol. The van der Waals surface area contributed by atoms with E-state index in [4.69, 9.17) is 35.8 Å². The smallest absolute Gasteiger partial charge is 0.409 e. The molecule has 3 heterocycles. The Labute approximate surface area is 213 Å². The number of fused-ring (bicyclic) bond motifs is 2. The summed E-state index contributed by atoms with van der Waals surface area (Å²) >= 11 is 6.22. The summed E-state index contributed by atoms with van der Waals surface area (Å²) in [6.45, 7) is 1.75. The van der Waals surface area contributed by atoms with Crippen molar-refractivity contribution < 1.29 is 28.1 Å². The maximum atomic E-state index is 15.3. The Balaban J connectivity index is 1.26. The van der Waals surface area contributed by atoms with Gasteiger partial charge in [-0.25, -0.2) is 9.78 Å². The van der Waals surface area contributed by atoms with Gasteiger partial charge in [0.2, 0.25) is 5.82 Å². The molecule has 1 amide bonds. The molecule has 2 saturated heterocycles. The van der Waals surface area contributed by atoms with E-state index < -0.39 is 5.82 Å². The molecule has 1 aromatic carbocycles. The molecule has 0 spiro atoms. The van der Waals surface area contributed by atoms with E-state index in [0.29, 0.717) is 37.6 Å². The lowest BCUT2D eigenvalue weighted by Crippen LogP contribution is -2.58. The molecule has 2 aliphatic heterocycles. The van der Waals surface area contributed by atoms with Gasteiger partial charge in [0.1, 0.15) is 18.3 Å². The number of nitriles is 1. The van der Waals surface area contributed by atoms with E-state index in [2.05, 4.69) is 10.3 Å². The Morgan fingerprint density at radius 2 is 2.06 bits per heavy atom. The van der Waals surface area contributed by atoms with Crippen molar-refractivity contribution >= 4 is 29.1 Å². The third kappa shape index (κ3) is 5.05. The van der Waals surface area contributed by atoms with Gasteiger partial charge in [0.15, 0.2) is 0 Å². The molecule has 2 atom stereocenters. The highest BCUT2D eigenvalue weighted by atomic mass is 35.5. The SMILES string of the molecule is COC1(COC(=O)N2CC3COCC(C2)C3Oc2nccc(Nc3ccc(C#N)cc3Cl)c2F)CC1. The van der Waals surface area contributed by atoms with Gasteiger partial charge in [-0.05, 0) is 37.1 Å². The van der Waals surface area contributed by atoms with Gasteiger partial charge in [0.05, 0.1) is 41.2 Å². The molecular weight excluding hydrogens is 491 g/mol. The minimum Gasteiger partial charge on any atom is -0.471 e. The van der Waals surface area contributed by atoms with Gasteiger partial charge in [0.25, 0.3) is 5.88 Å². The quantitative estimate of drug-likeness (QED) is 0.585. The lowest BCUT2D eigenvalue weighted by atomic mass is 9.84. The second kappa shape index (κ2) is 10.1. The monoisotopic (exact) mass is 516 g/mol. The fourth-order valence-electron chi connectivity index (χ4n) is 4.64. The number of hydrogen-bond donors (Lipinski definition) is 1. The number of benzene rings is 1. The molecule has 36 heavy (non-hydrogen) atoms. The molecule has 2 aromatic rings. The number of pyridine rings is 1. The van der Waals surface area contributed by atoms with Crippen LogP contribution >= 0.6 is 11.6 Å². The van der Waals surface area contributed by atoms with E-state index in [0.717, 1.165) is 12.8 Å². The highest BCUT2D eigenvalue weighted by molar-refractivity contribution is 6.33. The van der Waals surface area contributed by atoms with E-state index in [9.17, 15) is 4.79 Å². The first-order valence-electron chi connectivity index (χ1n) is 11.7. The second-order valence-corrected chi connectivity index (χ2v) is 9.80. The highest BCUT2D eigenvalue weighted by Crippen LogP contribution is 2.39. The molecular formula is C25H26ClFN4O5. The zero-order chi connectivity index (χ0) is 25.3. The molecule has 3 fully saturated rings. The molecule has 190 valence electrons. The summed E-state index contributed by atoms with van der Waals surface area (Å²) in [6, 6.07) is 8.18. The van der Waals surface area contributed by atoms with Crippen LogP contribution in [0.25, 0.3) is 0 Å². The Morgan fingerprint density at radius 1 is 1.31 bits per heavy atom. The summed E-state index contributed by atoms with van der Waals surface area (Å²) in [4.78, 5) is 18.5. The summed E-state index contributed by atoms with van der Waals surface area (Å²) < 4.78 is 38.1. The topological polar surface area (TPSA) is 106 Å². The highest BCUT2D eigenvalue weighted by Gasteiger charge is 2.47. The van der Waals surface area contributed by atoms with Gasteiger partial charge in [-0.15, -0.1) is 0 Å². The molecule has 1 N–H and O–H groups in total. The molecule has 11 heteroatoms. The number of ether oxygens (including phenoxy) is 4. The van der Waals surface area contributed by atoms with Gasteiger partial charge >= 0.3 is 6.09 Å².